The van der Waals surface area contributed by atoms with Gasteiger partial charge in [-0.3, -0.25) is 4.90 Å². The van der Waals surface area contributed by atoms with Crippen molar-refractivity contribution in [1.29, 1.82) is 0 Å². The van der Waals surface area contributed by atoms with E-state index in [2.05, 4.69) is 22.1 Å². The van der Waals surface area contributed by atoms with Crippen LogP contribution in [-0.2, 0) is 0 Å². The van der Waals surface area contributed by atoms with Gasteiger partial charge in [-0.1, -0.05) is 6.92 Å². The number of likely N-dealkylation sites (N-methyl/N-ethyl adjacent to an activating group) is 1. The molecule has 0 amide bonds. The van der Waals surface area contributed by atoms with Crippen LogP contribution in [-0.4, -0.2) is 35.6 Å². The second-order valence-electron chi connectivity index (χ2n) is 4.80. The highest BCUT2D eigenvalue weighted by Gasteiger charge is 2.22. The number of furan rings is 1. The molecule has 0 aliphatic carbocycles. The number of fused-ring (bicyclic) bond motifs is 1. The lowest BCUT2D eigenvalue weighted by Gasteiger charge is -2.23. The summed E-state index contributed by atoms with van der Waals surface area (Å²) in [4.78, 5) is 6.93. The van der Waals surface area contributed by atoms with Crippen molar-refractivity contribution in [2.45, 2.75) is 25.8 Å². The van der Waals surface area contributed by atoms with E-state index in [4.69, 9.17) is 4.42 Å². The van der Waals surface area contributed by atoms with E-state index in [1.807, 2.05) is 12.1 Å². The van der Waals surface area contributed by atoms with Gasteiger partial charge in [-0.15, -0.1) is 0 Å². The number of hydrogen-bond donors (Lipinski definition) is 1. The molecule has 2 aromatic rings. The molecule has 1 N–H and O–H groups in total. The first-order valence-corrected chi connectivity index (χ1v) is 6.68. The fourth-order valence-corrected chi connectivity index (χ4v) is 2.79. The lowest BCUT2D eigenvalue weighted by molar-refractivity contribution is 0.277. The maximum Gasteiger partial charge on any atom is 0.139 e. The molecular formula is C14H19N3O. The van der Waals surface area contributed by atoms with Gasteiger partial charge < -0.3 is 9.73 Å². The molecule has 0 bridgehead atoms. The van der Waals surface area contributed by atoms with Gasteiger partial charge in [0.15, 0.2) is 0 Å². The molecule has 1 saturated heterocycles. The fourth-order valence-electron chi connectivity index (χ4n) is 2.79. The van der Waals surface area contributed by atoms with Crippen molar-refractivity contribution in [3.8, 4) is 0 Å². The van der Waals surface area contributed by atoms with Gasteiger partial charge in [-0.05, 0) is 38.1 Å². The van der Waals surface area contributed by atoms with Crippen LogP contribution in [0.25, 0.3) is 11.0 Å². The van der Waals surface area contributed by atoms with E-state index in [1.165, 1.54) is 19.4 Å². The number of nitrogens with one attached hydrogen (secondary N) is 1. The van der Waals surface area contributed by atoms with Crippen LogP contribution in [0.2, 0.25) is 0 Å². The van der Waals surface area contributed by atoms with Crippen LogP contribution in [0.3, 0.4) is 0 Å². The molecule has 0 spiro atoms. The summed E-state index contributed by atoms with van der Waals surface area (Å²) in [5.74, 6) is 0.934. The predicted molar refractivity (Wildman–Crippen MR) is 72.8 cm³/mol. The van der Waals surface area contributed by atoms with E-state index in [0.29, 0.717) is 6.04 Å². The molecule has 4 nitrogen and oxygen atoms in total. The summed E-state index contributed by atoms with van der Waals surface area (Å²) >= 11 is 0. The van der Waals surface area contributed by atoms with Crippen molar-refractivity contribution in [1.82, 2.24) is 9.88 Å². The SMILES string of the molecule is CCN1CCCC1CNc1nccc2occc12. The molecule has 1 aliphatic heterocycles. The zero-order valence-electron chi connectivity index (χ0n) is 10.7. The molecule has 1 unspecified atom stereocenters. The second kappa shape index (κ2) is 4.98. The largest absolute Gasteiger partial charge is 0.464 e. The molecule has 1 aliphatic rings. The van der Waals surface area contributed by atoms with E-state index in [0.717, 1.165) is 29.9 Å². The van der Waals surface area contributed by atoms with Crippen LogP contribution in [0.15, 0.2) is 29.0 Å². The summed E-state index contributed by atoms with van der Waals surface area (Å²) in [6.45, 7) is 5.56. The van der Waals surface area contributed by atoms with E-state index < -0.39 is 0 Å². The third-order valence-electron chi connectivity index (χ3n) is 3.79. The van der Waals surface area contributed by atoms with Gasteiger partial charge in [-0.25, -0.2) is 4.98 Å². The Kier molecular flexibility index (Phi) is 3.19. The molecular weight excluding hydrogens is 226 g/mol. The molecule has 1 fully saturated rings. The first kappa shape index (κ1) is 11.5. The fraction of sp³-hybridized carbons (Fsp3) is 0.500. The smallest absolute Gasteiger partial charge is 0.139 e. The molecule has 4 heteroatoms. The standard InChI is InChI=1S/C14H19N3O/c1-2-17-8-3-4-11(17)10-16-14-12-6-9-18-13(12)5-7-15-14/h5-7,9,11H,2-4,8,10H2,1H3,(H,15,16). The summed E-state index contributed by atoms with van der Waals surface area (Å²) in [6.07, 6.45) is 6.09. The lowest BCUT2D eigenvalue weighted by Crippen LogP contribution is -2.34. The number of aromatic nitrogens is 1. The van der Waals surface area contributed by atoms with Gasteiger partial charge in [0.2, 0.25) is 0 Å². The molecule has 18 heavy (non-hydrogen) atoms. The molecule has 0 aromatic carbocycles. The first-order valence-electron chi connectivity index (χ1n) is 6.68. The molecule has 3 heterocycles. The Balaban J connectivity index is 1.71. The first-order chi connectivity index (χ1) is 8.88. The van der Waals surface area contributed by atoms with Gasteiger partial charge >= 0.3 is 0 Å². The van der Waals surface area contributed by atoms with E-state index >= 15 is 0 Å². The summed E-state index contributed by atoms with van der Waals surface area (Å²) in [5, 5.41) is 4.54. The van der Waals surface area contributed by atoms with E-state index in [9.17, 15) is 0 Å². The quantitative estimate of drug-likeness (QED) is 0.899. The van der Waals surface area contributed by atoms with Crippen molar-refractivity contribution >= 4 is 16.8 Å². The third kappa shape index (κ3) is 2.08. The normalized spacial score (nSPS) is 20.6. The Bertz CT molecular complexity index is 522. The topological polar surface area (TPSA) is 41.3 Å². The Morgan fingerprint density at radius 1 is 1.50 bits per heavy atom. The minimum Gasteiger partial charge on any atom is -0.464 e. The number of anilines is 1. The van der Waals surface area contributed by atoms with Gasteiger partial charge in [0, 0.05) is 18.8 Å². The highest BCUT2D eigenvalue weighted by molar-refractivity contribution is 5.87. The Morgan fingerprint density at radius 3 is 3.33 bits per heavy atom. The van der Waals surface area contributed by atoms with Crippen molar-refractivity contribution in [3.63, 3.8) is 0 Å². The molecule has 0 saturated carbocycles. The van der Waals surface area contributed by atoms with Crippen LogP contribution in [0.4, 0.5) is 5.82 Å². The highest BCUT2D eigenvalue weighted by Crippen LogP contribution is 2.23. The van der Waals surface area contributed by atoms with Crippen molar-refractivity contribution in [3.05, 3.63) is 24.6 Å². The van der Waals surface area contributed by atoms with Crippen LogP contribution >= 0.6 is 0 Å². The average molecular weight is 245 g/mol. The minimum atomic E-state index is 0.638. The van der Waals surface area contributed by atoms with Crippen LogP contribution in [0, 0.1) is 0 Å². The monoisotopic (exact) mass is 245 g/mol. The lowest BCUT2D eigenvalue weighted by atomic mass is 10.2. The van der Waals surface area contributed by atoms with Gasteiger partial charge in [0.25, 0.3) is 0 Å². The number of rotatable bonds is 4. The third-order valence-corrected chi connectivity index (χ3v) is 3.79. The summed E-state index contributed by atoms with van der Waals surface area (Å²) in [7, 11) is 0. The molecule has 96 valence electrons. The van der Waals surface area contributed by atoms with Crippen molar-refractivity contribution in [2.75, 3.05) is 25.0 Å². The highest BCUT2D eigenvalue weighted by atomic mass is 16.3. The van der Waals surface area contributed by atoms with Gasteiger partial charge in [-0.2, -0.15) is 0 Å². The Labute approximate surface area is 107 Å². The van der Waals surface area contributed by atoms with Crippen LogP contribution in [0.1, 0.15) is 19.8 Å². The number of nitrogens with zero attached hydrogens (tertiary/aromatic N) is 2. The van der Waals surface area contributed by atoms with Gasteiger partial charge in [0.1, 0.15) is 11.4 Å². The molecule has 3 rings (SSSR count). The van der Waals surface area contributed by atoms with E-state index in [1.54, 1.807) is 12.5 Å². The maximum absolute atomic E-state index is 5.38. The zero-order chi connectivity index (χ0) is 12.4. The second-order valence-corrected chi connectivity index (χ2v) is 4.80. The average Bonchev–Trinajstić information content (AvgIpc) is 3.04. The summed E-state index contributed by atoms with van der Waals surface area (Å²) < 4.78 is 5.38. The minimum absolute atomic E-state index is 0.638. The summed E-state index contributed by atoms with van der Waals surface area (Å²) in [6, 6.07) is 4.50. The molecule has 0 radical (unpaired) electrons. The Morgan fingerprint density at radius 2 is 2.44 bits per heavy atom. The van der Waals surface area contributed by atoms with Crippen LogP contribution in [0.5, 0.6) is 0 Å². The Hall–Kier alpha value is -1.55. The van der Waals surface area contributed by atoms with Crippen molar-refractivity contribution in [2.24, 2.45) is 0 Å². The zero-order valence-corrected chi connectivity index (χ0v) is 10.7. The van der Waals surface area contributed by atoms with Gasteiger partial charge in [0.05, 0.1) is 11.6 Å². The summed E-state index contributed by atoms with van der Waals surface area (Å²) in [5.41, 5.74) is 0.895. The number of hydrogen-bond acceptors (Lipinski definition) is 4. The maximum atomic E-state index is 5.38. The predicted octanol–water partition coefficient (Wildman–Crippen LogP) is 2.72. The number of likely N-dealkylation sites (tertiary alicyclic amines) is 1. The number of pyridine rings is 1. The van der Waals surface area contributed by atoms with E-state index in [-0.39, 0.29) is 0 Å². The van der Waals surface area contributed by atoms with Crippen molar-refractivity contribution < 1.29 is 4.42 Å². The molecule has 1 atom stereocenters. The van der Waals surface area contributed by atoms with Crippen LogP contribution < -0.4 is 5.32 Å². The molecule has 2 aromatic heterocycles.